The van der Waals surface area contributed by atoms with E-state index in [1.165, 1.54) is 5.69 Å². The van der Waals surface area contributed by atoms with Gasteiger partial charge in [0.25, 0.3) is 0 Å². The lowest BCUT2D eigenvalue weighted by atomic mass is 9.94. The van der Waals surface area contributed by atoms with E-state index >= 15 is 0 Å². The Morgan fingerprint density at radius 1 is 0.778 bits per heavy atom. The van der Waals surface area contributed by atoms with E-state index in [4.69, 9.17) is 4.74 Å². The van der Waals surface area contributed by atoms with Gasteiger partial charge in [-0.25, -0.2) is 0 Å². The van der Waals surface area contributed by atoms with Gasteiger partial charge in [0.05, 0.1) is 7.11 Å². The second kappa shape index (κ2) is 7.79. The van der Waals surface area contributed by atoms with Crippen molar-refractivity contribution in [2.45, 2.75) is 25.7 Å². The third-order valence-corrected chi connectivity index (χ3v) is 6.11. The van der Waals surface area contributed by atoms with Crippen LogP contribution in [0.4, 0.5) is 5.69 Å². The molecule has 1 aromatic carbocycles. The number of benzene rings is 1. The Hall–Kier alpha value is -2.24. The fraction of sp³-hybridized carbons (Fsp3) is 0.619. The van der Waals surface area contributed by atoms with Gasteiger partial charge in [0.2, 0.25) is 11.8 Å². The van der Waals surface area contributed by atoms with Crippen LogP contribution in [0.1, 0.15) is 25.7 Å². The number of piperazine rings is 1. The van der Waals surface area contributed by atoms with Gasteiger partial charge >= 0.3 is 0 Å². The fourth-order valence-electron chi connectivity index (χ4n) is 4.17. The average Bonchev–Trinajstić information content (AvgIpc) is 3.58. The summed E-state index contributed by atoms with van der Waals surface area (Å²) in [6.07, 6.45) is 3.73. The highest BCUT2D eigenvalue weighted by Gasteiger charge is 2.37. The summed E-state index contributed by atoms with van der Waals surface area (Å²) in [6, 6.07) is 8.10. The predicted molar refractivity (Wildman–Crippen MR) is 104 cm³/mol. The number of carbonyl (C=O) groups excluding carboxylic acids is 2. The number of hydrogen-bond donors (Lipinski definition) is 0. The lowest BCUT2D eigenvalue weighted by molar-refractivity contribution is -0.141. The van der Waals surface area contributed by atoms with Crippen molar-refractivity contribution in [1.82, 2.24) is 9.80 Å². The Labute approximate surface area is 161 Å². The molecule has 2 heterocycles. The Balaban J connectivity index is 1.25. The van der Waals surface area contributed by atoms with Gasteiger partial charge < -0.3 is 19.4 Å². The monoisotopic (exact) mass is 371 g/mol. The molecule has 3 fully saturated rings. The lowest BCUT2D eigenvalue weighted by Gasteiger charge is -2.39. The minimum Gasteiger partial charge on any atom is -0.497 e. The molecule has 2 saturated heterocycles. The van der Waals surface area contributed by atoms with Crippen LogP contribution < -0.4 is 9.64 Å². The van der Waals surface area contributed by atoms with E-state index in [1.54, 1.807) is 7.11 Å². The maximum absolute atomic E-state index is 12.9. The number of ether oxygens (including phenoxy) is 1. The number of piperidine rings is 1. The Bertz CT molecular complexity index is 670. The van der Waals surface area contributed by atoms with Crippen LogP contribution in [0.25, 0.3) is 0 Å². The Morgan fingerprint density at radius 3 is 1.81 bits per heavy atom. The zero-order chi connectivity index (χ0) is 18.8. The molecular weight excluding hydrogens is 342 g/mol. The lowest BCUT2D eigenvalue weighted by Crippen LogP contribution is -2.52. The van der Waals surface area contributed by atoms with Gasteiger partial charge in [-0.3, -0.25) is 9.59 Å². The van der Waals surface area contributed by atoms with Gasteiger partial charge in [0.15, 0.2) is 0 Å². The summed E-state index contributed by atoms with van der Waals surface area (Å²) in [4.78, 5) is 31.4. The van der Waals surface area contributed by atoms with Crippen LogP contribution in [0.5, 0.6) is 5.75 Å². The number of carbonyl (C=O) groups is 2. The van der Waals surface area contributed by atoms with Gasteiger partial charge in [-0.1, -0.05) is 0 Å². The van der Waals surface area contributed by atoms with Crippen LogP contribution >= 0.6 is 0 Å². The van der Waals surface area contributed by atoms with Gasteiger partial charge in [-0.2, -0.15) is 0 Å². The number of rotatable bonds is 4. The molecule has 4 rings (SSSR count). The maximum Gasteiger partial charge on any atom is 0.225 e. The third kappa shape index (κ3) is 4.04. The largest absolute Gasteiger partial charge is 0.497 e. The first-order valence-corrected chi connectivity index (χ1v) is 10.1. The van der Waals surface area contributed by atoms with Crippen LogP contribution in [0.3, 0.4) is 0 Å². The number of likely N-dealkylation sites (tertiary alicyclic amines) is 1. The maximum atomic E-state index is 12.9. The Morgan fingerprint density at radius 2 is 1.30 bits per heavy atom. The molecular formula is C21H29N3O3. The molecule has 6 nitrogen and oxygen atoms in total. The standard InChI is InChI=1S/C21H29N3O3/c1-27-19-6-4-18(5-7-19)22-12-14-24(15-13-22)21(26)17-8-10-23(11-9-17)20(25)16-2-3-16/h4-7,16-17H,2-3,8-15H2,1H3. The van der Waals surface area contributed by atoms with E-state index < -0.39 is 0 Å². The van der Waals surface area contributed by atoms with Crippen LogP contribution in [0, 0.1) is 11.8 Å². The third-order valence-electron chi connectivity index (χ3n) is 6.11. The SMILES string of the molecule is COc1ccc(N2CCN(C(=O)C3CCN(C(=O)C4CC4)CC3)CC2)cc1. The highest BCUT2D eigenvalue weighted by atomic mass is 16.5. The number of hydrogen-bond acceptors (Lipinski definition) is 4. The van der Waals surface area contributed by atoms with E-state index in [-0.39, 0.29) is 17.7 Å². The minimum atomic E-state index is 0.0841. The summed E-state index contributed by atoms with van der Waals surface area (Å²) in [7, 11) is 1.67. The summed E-state index contributed by atoms with van der Waals surface area (Å²) in [5.74, 6) is 1.82. The fourth-order valence-corrected chi connectivity index (χ4v) is 4.17. The molecule has 1 saturated carbocycles. The quantitative estimate of drug-likeness (QED) is 0.812. The first-order valence-electron chi connectivity index (χ1n) is 10.1. The molecule has 0 bridgehead atoms. The van der Waals surface area contributed by atoms with Crippen LogP contribution in [-0.2, 0) is 9.59 Å². The van der Waals surface area contributed by atoms with Gasteiger partial charge in [0, 0.05) is 56.8 Å². The van der Waals surface area contributed by atoms with Gasteiger partial charge in [0.1, 0.15) is 5.75 Å². The van der Waals surface area contributed by atoms with E-state index in [2.05, 4.69) is 17.0 Å². The van der Waals surface area contributed by atoms with E-state index in [0.29, 0.717) is 5.91 Å². The second-order valence-electron chi connectivity index (χ2n) is 7.88. The molecule has 6 heteroatoms. The molecule has 2 aliphatic heterocycles. The van der Waals surface area contributed by atoms with Crippen molar-refractivity contribution >= 4 is 17.5 Å². The summed E-state index contributed by atoms with van der Waals surface area (Å²) in [6.45, 7) is 4.75. The predicted octanol–water partition coefficient (Wildman–Crippen LogP) is 1.99. The minimum absolute atomic E-state index is 0.0841. The molecule has 0 aromatic heterocycles. The first-order chi connectivity index (χ1) is 13.2. The number of anilines is 1. The van der Waals surface area contributed by atoms with E-state index in [1.807, 2.05) is 21.9 Å². The van der Waals surface area contributed by atoms with Crippen molar-refractivity contribution < 1.29 is 14.3 Å². The van der Waals surface area contributed by atoms with Crippen LogP contribution in [0.15, 0.2) is 24.3 Å². The van der Waals surface area contributed by atoms with Crippen molar-refractivity contribution in [2.75, 3.05) is 51.3 Å². The number of nitrogens with zero attached hydrogens (tertiary/aromatic N) is 3. The van der Waals surface area contributed by atoms with E-state index in [9.17, 15) is 9.59 Å². The second-order valence-corrected chi connectivity index (χ2v) is 7.88. The smallest absolute Gasteiger partial charge is 0.225 e. The molecule has 0 radical (unpaired) electrons. The van der Waals surface area contributed by atoms with Crippen LogP contribution in [-0.4, -0.2) is 68.0 Å². The molecule has 0 spiro atoms. The molecule has 0 N–H and O–H groups in total. The number of amides is 2. The summed E-state index contributed by atoms with van der Waals surface area (Å²) in [5.41, 5.74) is 1.18. The topological polar surface area (TPSA) is 53.1 Å². The summed E-state index contributed by atoms with van der Waals surface area (Å²) < 4.78 is 5.22. The highest BCUT2D eigenvalue weighted by molar-refractivity contribution is 5.82. The van der Waals surface area contributed by atoms with Crippen molar-refractivity contribution in [1.29, 1.82) is 0 Å². The van der Waals surface area contributed by atoms with Crippen LogP contribution in [0.2, 0.25) is 0 Å². The molecule has 27 heavy (non-hydrogen) atoms. The molecule has 0 atom stereocenters. The molecule has 1 aliphatic carbocycles. The summed E-state index contributed by atoms with van der Waals surface area (Å²) >= 11 is 0. The molecule has 146 valence electrons. The zero-order valence-electron chi connectivity index (χ0n) is 16.1. The number of methoxy groups -OCH3 is 1. The summed E-state index contributed by atoms with van der Waals surface area (Å²) in [5, 5.41) is 0. The van der Waals surface area contributed by atoms with Crippen molar-refractivity contribution in [3.05, 3.63) is 24.3 Å². The van der Waals surface area contributed by atoms with Crippen molar-refractivity contribution in [3.8, 4) is 5.75 Å². The van der Waals surface area contributed by atoms with Crippen molar-refractivity contribution in [2.24, 2.45) is 11.8 Å². The Kier molecular flexibility index (Phi) is 5.23. The van der Waals surface area contributed by atoms with Gasteiger partial charge in [-0.15, -0.1) is 0 Å². The van der Waals surface area contributed by atoms with E-state index in [0.717, 1.165) is 70.7 Å². The van der Waals surface area contributed by atoms with Crippen molar-refractivity contribution in [3.63, 3.8) is 0 Å². The highest BCUT2D eigenvalue weighted by Crippen LogP contribution is 2.32. The first kappa shape index (κ1) is 18.1. The molecule has 3 aliphatic rings. The van der Waals surface area contributed by atoms with Gasteiger partial charge in [-0.05, 0) is 49.9 Å². The normalized spacial score (nSPS) is 21.3. The molecule has 0 unspecified atom stereocenters. The average molecular weight is 371 g/mol. The molecule has 2 amide bonds. The molecule has 1 aromatic rings. The zero-order valence-corrected chi connectivity index (χ0v) is 16.1.